The summed E-state index contributed by atoms with van der Waals surface area (Å²) in [6.07, 6.45) is 0.664. The Balaban J connectivity index is 1.91. The summed E-state index contributed by atoms with van der Waals surface area (Å²) < 4.78 is 26.1. The molecule has 6 heteroatoms. The minimum Gasteiger partial charge on any atom is -0.369 e. The summed E-state index contributed by atoms with van der Waals surface area (Å²) in [6, 6.07) is 8.36. The number of rotatable bonds is 6. The molecule has 1 aromatic carbocycles. The van der Waals surface area contributed by atoms with Crippen LogP contribution in [0.1, 0.15) is 12.0 Å². The Morgan fingerprint density at radius 2 is 1.90 bits per heavy atom. The topological polar surface area (TPSA) is 52.7 Å². The van der Waals surface area contributed by atoms with Crippen LogP contribution >= 0.6 is 0 Å². The van der Waals surface area contributed by atoms with E-state index in [1.54, 1.807) is 4.31 Å². The number of hydrogen-bond donors (Lipinski definition) is 1. The molecule has 0 radical (unpaired) electrons. The number of aryl methyl sites for hydroxylation is 1. The van der Waals surface area contributed by atoms with E-state index in [2.05, 4.69) is 35.3 Å². The van der Waals surface area contributed by atoms with Gasteiger partial charge in [-0.15, -0.1) is 0 Å². The molecule has 0 spiro atoms. The second-order valence-electron chi connectivity index (χ2n) is 5.50. The standard InChI is InChI=1S/C15H25N3O2S/c1-14-5-3-6-15(13-14)17-8-10-18(11-9-17)21(19,20)12-4-7-16-2/h3,5-6,13,16H,4,7-12H2,1-2H3. The van der Waals surface area contributed by atoms with Crippen LogP contribution in [0, 0.1) is 6.92 Å². The lowest BCUT2D eigenvalue weighted by molar-refractivity contribution is 0.384. The molecule has 0 unspecified atom stereocenters. The highest BCUT2D eigenvalue weighted by atomic mass is 32.2. The summed E-state index contributed by atoms with van der Waals surface area (Å²) in [6.45, 7) is 5.49. The summed E-state index contributed by atoms with van der Waals surface area (Å²) in [5.41, 5.74) is 2.41. The van der Waals surface area contributed by atoms with Crippen molar-refractivity contribution in [1.29, 1.82) is 0 Å². The third-order valence-electron chi connectivity index (χ3n) is 3.83. The summed E-state index contributed by atoms with van der Waals surface area (Å²) in [4.78, 5) is 2.26. The van der Waals surface area contributed by atoms with Crippen LogP contribution in [0.25, 0.3) is 0 Å². The van der Waals surface area contributed by atoms with Crippen molar-refractivity contribution in [1.82, 2.24) is 9.62 Å². The minimum atomic E-state index is -3.10. The van der Waals surface area contributed by atoms with Crippen LogP contribution in [0.3, 0.4) is 0 Å². The molecule has 0 bridgehead atoms. The molecule has 0 aliphatic carbocycles. The van der Waals surface area contributed by atoms with Crippen molar-refractivity contribution in [2.75, 3.05) is 50.4 Å². The van der Waals surface area contributed by atoms with Crippen LogP contribution in [-0.2, 0) is 10.0 Å². The monoisotopic (exact) mass is 311 g/mol. The number of hydrogen-bond acceptors (Lipinski definition) is 4. The second kappa shape index (κ2) is 7.24. The fourth-order valence-corrected chi connectivity index (χ4v) is 4.10. The first-order valence-corrected chi connectivity index (χ1v) is 9.08. The van der Waals surface area contributed by atoms with Gasteiger partial charge in [-0.05, 0) is 44.6 Å². The third kappa shape index (κ3) is 4.43. The largest absolute Gasteiger partial charge is 0.369 e. The zero-order chi connectivity index (χ0) is 15.3. The number of nitrogens with one attached hydrogen (secondary N) is 1. The highest BCUT2D eigenvalue weighted by Crippen LogP contribution is 2.19. The Labute approximate surface area is 128 Å². The van der Waals surface area contributed by atoms with Crippen LogP contribution in [0.5, 0.6) is 0 Å². The molecule has 2 rings (SSSR count). The molecular weight excluding hydrogens is 286 g/mol. The predicted molar refractivity (Wildman–Crippen MR) is 87.3 cm³/mol. The number of sulfonamides is 1. The third-order valence-corrected chi connectivity index (χ3v) is 5.78. The molecule has 21 heavy (non-hydrogen) atoms. The van der Waals surface area contributed by atoms with E-state index in [4.69, 9.17) is 0 Å². The molecule has 0 saturated carbocycles. The molecular formula is C15H25N3O2S. The van der Waals surface area contributed by atoms with Crippen molar-refractivity contribution in [2.45, 2.75) is 13.3 Å². The Hall–Kier alpha value is -1.11. The average Bonchev–Trinajstić information content (AvgIpc) is 2.47. The van der Waals surface area contributed by atoms with E-state index in [-0.39, 0.29) is 5.75 Å². The van der Waals surface area contributed by atoms with Crippen LogP contribution in [-0.4, -0.2) is 58.2 Å². The molecule has 1 aromatic rings. The van der Waals surface area contributed by atoms with Crippen molar-refractivity contribution in [3.63, 3.8) is 0 Å². The molecule has 1 fully saturated rings. The maximum atomic E-state index is 12.2. The van der Waals surface area contributed by atoms with E-state index in [0.29, 0.717) is 19.5 Å². The number of benzene rings is 1. The van der Waals surface area contributed by atoms with Gasteiger partial charge in [0, 0.05) is 31.9 Å². The van der Waals surface area contributed by atoms with Gasteiger partial charge in [0.05, 0.1) is 5.75 Å². The van der Waals surface area contributed by atoms with Gasteiger partial charge >= 0.3 is 0 Å². The highest BCUT2D eigenvalue weighted by molar-refractivity contribution is 7.89. The molecule has 0 aromatic heterocycles. The number of nitrogens with zero attached hydrogens (tertiary/aromatic N) is 2. The Bertz CT molecular complexity index is 552. The van der Waals surface area contributed by atoms with E-state index >= 15 is 0 Å². The minimum absolute atomic E-state index is 0.234. The van der Waals surface area contributed by atoms with E-state index in [1.165, 1.54) is 11.3 Å². The molecule has 0 atom stereocenters. The van der Waals surface area contributed by atoms with Crippen LogP contribution in [0.15, 0.2) is 24.3 Å². The lowest BCUT2D eigenvalue weighted by atomic mass is 10.2. The molecule has 1 heterocycles. The van der Waals surface area contributed by atoms with Gasteiger partial charge in [-0.2, -0.15) is 4.31 Å². The van der Waals surface area contributed by atoms with Gasteiger partial charge in [0.1, 0.15) is 0 Å². The van der Waals surface area contributed by atoms with Gasteiger partial charge < -0.3 is 10.2 Å². The van der Waals surface area contributed by atoms with Crippen LogP contribution in [0.2, 0.25) is 0 Å². The van der Waals surface area contributed by atoms with E-state index in [9.17, 15) is 8.42 Å². The predicted octanol–water partition coefficient (Wildman–Crippen LogP) is 1.06. The number of piperazine rings is 1. The van der Waals surface area contributed by atoms with Crippen molar-refractivity contribution in [2.24, 2.45) is 0 Å². The van der Waals surface area contributed by atoms with Gasteiger partial charge in [-0.1, -0.05) is 12.1 Å². The van der Waals surface area contributed by atoms with Crippen LogP contribution in [0.4, 0.5) is 5.69 Å². The maximum absolute atomic E-state index is 12.2. The van der Waals surface area contributed by atoms with Crippen LogP contribution < -0.4 is 10.2 Å². The Morgan fingerprint density at radius 3 is 2.52 bits per heavy atom. The Kier molecular flexibility index (Phi) is 5.61. The van der Waals surface area contributed by atoms with Gasteiger partial charge in [-0.25, -0.2) is 8.42 Å². The maximum Gasteiger partial charge on any atom is 0.214 e. The summed E-state index contributed by atoms with van der Waals surface area (Å²) >= 11 is 0. The first-order chi connectivity index (χ1) is 10.0. The first-order valence-electron chi connectivity index (χ1n) is 7.47. The SMILES string of the molecule is CNCCCS(=O)(=O)N1CCN(c2cccc(C)c2)CC1. The van der Waals surface area contributed by atoms with Crippen molar-refractivity contribution in [3.05, 3.63) is 29.8 Å². The summed E-state index contributed by atoms with van der Waals surface area (Å²) in [5, 5.41) is 2.99. The molecule has 5 nitrogen and oxygen atoms in total. The van der Waals surface area contributed by atoms with Gasteiger partial charge in [0.25, 0.3) is 0 Å². The fourth-order valence-electron chi connectivity index (χ4n) is 2.61. The zero-order valence-electron chi connectivity index (χ0n) is 12.9. The summed E-state index contributed by atoms with van der Waals surface area (Å²) in [7, 11) is -1.26. The van der Waals surface area contributed by atoms with E-state index < -0.39 is 10.0 Å². The van der Waals surface area contributed by atoms with Crippen molar-refractivity contribution in [3.8, 4) is 0 Å². The molecule has 118 valence electrons. The lowest BCUT2D eigenvalue weighted by Gasteiger charge is -2.35. The number of anilines is 1. The average molecular weight is 311 g/mol. The van der Waals surface area contributed by atoms with Crippen molar-refractivity contribution < 1.29 is 8.42 Å². The zero-order valence-corrected chi connectivity index (χ0v) is 13.7. The molecule has 1 aliphatic rings. The lowest BCUT2D eigenvalue weighted by Crippen LogP contribution is -2.49. The van der Waals surface area contributed by atoms with Gasteiger partial charge in [-0.3, -0.25) is 0 Å². The summed E-state index contributed by atoms with van der Waals surface area (Å²) in [5.74, 6) is 0.234. The van der Waals surface area contributed by atoms with Gasteiger partial charge in [0.15, 0.2) is 0 Å². The smallest absolute Gasteiger partial charge is 0.214 e. The normalized spacial score (nSPS) is 17.1. The first kappa shape index (κ1) is 16.3. The van der Waals surface area contributed by atoms with Crippen molar-refractivity contribution >= 4 is 15.7 Å². The van der Waals surface area contributed by atoms with E-state index in [0.717, 1.165) is 19.6 Å². The Morgan fingerprint density at radius 1 is 1.19 bits per heavy atom. The second-order valence-corrected chi connectivity index (χ2v) is 7.59. The van der Waals surface area contributed by atoms with Gasteiger partial charge in [0.2, 0.25) is 10.0 Å². The molecule has 0 amide bonds. The molecule has 1 N–H and O–H groups in total. The molecule has 1 saturated heterocycles. The molecule has 1 aliphatic heterocycles. The fraction of sp³-hybridized carbons (Fsp3) is 0.600. The quantitative estimate of drug-likeness (QED) is 0.798. The highest BCUT2D eigenvalue weighted by Gasteiger charge is 2.26. The van der Waals surface area contributed by atoms with E-state index in [1.807, 2.05) is 13.1 Å².